The minimum atomic E-state index is -0.920. The first-order valence-corrected chi connectivity index (χ1v) is 4.62. The topological polar surface area (TPSA) is 96.2 Å². The number of fused-ring (bicyclic) bond motifs is 3. The number of H-pyrrole nitrogens is 1. The first-order valence-electron chi connectivity index (χ1n) is 4.62. The van der Waals surface area contributed by atoms with Crippen LogP contribution in [0.15, 0.2) is 18.7 Å². The third kappa shape index (κ3) is 1.14. The molecule has 0 aliphatic carbocycles. The highest BCUT2D eigenvalue weighted by Crippen LogP contribution is 2.21. The molecule has 0 radical (unpaired) electrons. The second-order valence-electron chi connectivity index (χ2n) is 3.34. The normalized spacial score (nSPS) is 11.2. The van der Waals surface area contributed by atoms with E-state index in [0.29, 0.717) is 23.0 Å². The van der Waals surface area contributed by atoms with Crippen molar-refractivity contribution in [3.63, 3.8) is 0 Å². The lowest BCUT2D eigenvalue weighted by molar-refractivity contribution is -0.136. The quantitative estimate of drug-likeness (QED) is 0.638. The van der Waals surface area contributed by atoms with E-state index in [1.54, 1.807) is 16.8 Å². The molecule has 1 aromatic rings. The van der Waals surface area contributed by atoms with Gasteiger partial charge in [-0.05, 0) is 0 Å². The summed E-state index contributed by atoms with van der Waals surface area (Å²) in [7, 11) is 0. The molecule has 2 aliphatic rings. The van der Waals surface area contributed by atoms with E-state index < -0.39 is 5.97 Å². The number of carboxylic acids is 1. The zero-order valence-electron chi connectivity index (χ0n) is 8.08. The van der Waals surface area contributed by atoms with Gasteiger partial charge in [0.1, 0.15) is 12.0 Å². The van der Waals surface area contributed by atoms with E-state index in [0.717, 1.165) is 0 Å². The van der Waals surface area contributed by atoms with Gasteiger partial charge >= 0.3 is 5.97 Å². The Labute approximate surface area is 89.1 Å². The maximum absolute atomic E-state index is 10.7. The van der Waals surface area contributed by atoms with E-state index in [9.17, 15) is 4.79 Å². The Morgan fingerprint density at radius 3 is 3.12 bits per heavy atom. The highest BCUT2D eigenvalue weighted by atomic mass is 16.4. The first kappa shape index (κ1) is 8.84. The van der Waals surface area contributed by atoms with Crippen molar-refractivity contribution in [1.82, 2.24) is 24.3 Å². The molecule has 7 nitrogen and oxygen atoms in total. The summed E-state index contributed by atoms with van der Waals surface area (Å²) in [5, 5.41) is 8.79. The van der Waals surface area contributed by atoms with Crippen LogP contribution < -0.4 is 0 Å². The fourth-order valence-corrected chi connectivity index (χ4v) is 1.69. The third-order valence-corrected chi connectivity index (χ3v) is 2.32. The molecule has 7 heteroatoms. The number of aromatic amines is 1. The number of hydrogen-bond donors (Lipinski definition) is 2. The second kappa shape index (κ2) is 3.02. The van der Waals surface area contributed by atoms with Crippen molar-refractivity contribution in [2.75, 3.05) is 0 Å². The standard InChI is InChI=1S/C9H7N5O2/c15-6(16)3-5-7-8(12-4-11-7)14-2-1-10-9(14)13-5/h1-2,4H,3H2,(H,10,13)(H,15,16). The second-order valence-corrected chi connectivity index (χ2v) is 3.34. The Bertz CT molecular complexity index is 641. The van der Waals surface area contributed by atoms with E-state index in [1.807, 2.05) is 0 Å². The van der Waals surface area contributed by atoms with Crippen molar-refractivity contribution < 1.29 is 9.90 Å². The van der Waals surface area contributed by atoms with Crippen molar-refractivity contribution in [2.45, 2.75) is 6.42 Å². The van der Waals surface area contributed by atoms with Gasteiger partial charge in [0.2, 0.25) is 5.78 Å². The summed E-state index contributed by atoms with van der Waals surface area (Å²) < 4.78 is 1.73. The number of carboxylic acid groups (broad SMARTS) is 1. The molecule has 0 saturated heterocycles. The Hall–Kier alpha value is -2.44. The van der Waals surface area contributed by atoms with Gasteiger partial charge in [0.15, 0.2) is 5.82 Å². The number of aromatic nitrogens is 5. The highest BCUT2D eigenvalue weighted by Gasteiger charge is 2.18. The molecular weight excluding hydrogens is 210 g/mol. The van der Waals surface area contributed by atoms with Crippen LogP contribution in [0.1, 0.15) is 5.69 Å². The van der Waals surface area contributed by atoms with E-state index in [1.165, 1.54) is 6.33 Å². The number of aliphatic carboxylic acids is 1. The van der Waals surface area contributed by atoms with Crippen LogP contribution >= 0.6 is 0 Å². The van der Waals surface area contributed by atoms with Gasteiger partial charge in [0.05, 0.1) is 12.1 Å². The predicted molar refractivity (Wildman–Crippen MR) is 53.1 cm³/mol. The molecule has 1 aromatic heterocycles. The summed E-state index contributed by atoms with van der Waals surface area (Å²) in [6.45, 7) is 0. The number of nitrogens with zero attached hydrogens (tertiary/aromatic N) is 4. The molecule has 0 saturated carbocycles. The summed E-state index contributed by atoms with van der Waals surface area (Å²) in [6.07, 6.45) is 4.64. The number of nitrogens with one attached hydrogen (secondary N) is 1. The molecule has 3 heterocycles. The molecule has 0 amide bonds. The van der Waals surface area contributed by atoms with E-state index in [4.69, 9.17) is 5.11 Å². The van der Waals surface area contributed by atoms with Gasteiger partial charge in [0, 0.05) is 12.4 Å². The van der Waals surface area contributed by atoms with Gasteiger partial charge < -0.3 is 10.1 Å². The van der Waals surface area contributed by atoms with Crippen LogP contribution in [-0.2, 0) is 11.2 Å². The van der Waals surface area contributed by atoms with Crippen molar-refractivity contribution >= 4 is 11.7 Å². The zero-order chi connectivity index (χ0) is 11.1. The molecule has 0 spiro atoms. The molecule has 0 bridgehead atoms. The van der Waals surface area contributed by atoms with Crippen molar-refractivity contribution in [3.8, 4) is 11.5 Å². The van der Waals surface area contributed by atoms with Crippen LogP contribution in [0.2, 0.25) is 0 Å². The lowest BCUT2D eigenvalue weighted by Gasteiger charge is -2.06. The van der Waals surface area contributed by atoms with Gasteiger partial charge in [-0.15, -0.1) is 0 Å². The van der Waals surface area contributed by atoms with Gasteiger partial charge in [-0.25, -0.2) is 15.0 Å². The molecule has 2 aliphatic heterocycles. The van der Waals surface area contributed by atoms with E-state index in [-0.39, 0.29) is 6.42 Å². The Morgan fingerprint density at radius 2 is 2.31 bits per heavy atom. The number of carbonyl (C=O) groups is 1. The maximum Gasteiger partial charge on any atom is 0.309 e. The minimum Gasteiger partial charge on any atom is -0.481 e. The van der Waals surface area contributed by atoms with Gasteiger partial charge in [-0.3, -0.25) is 9.20 Å². The maximum atomic E-state index is 10.7. The summed E-state index contributed by atoms with van der Waals surface area (Å²) in [6, 6.07) is 0. The van der Waals surface area contributed by atoms with Crippen LogP contribution in [-0.4, -0.2) is 35.4 Å². The lowest BCUT2D eigenvalue weighted by Crippen LogP contribution is -2.08. The molecule has 0 unspecified atom stereocenters. The van der Waals surface area contributed by atoms with Crippen molar-refractivity contribution in [1.29, 1.82) is 0 Å². The Kier molecular flexibility index (Phi) is 1.67. The smallest absolute Gasteiger partial charge is 0.309 e. The average molecular weight is 217 g/mol. The largest absolute Gasteiger partial charge is 0.481 e. The lowest BCUT2D eigenvalue weighted by atomic mass is 10.2. The average Bonchev–Trinajstić information content (AvgIpc) is 2.82. The number of hydrogen-bond acceptors (Lipinski definition) is 4. The van der Waals surface area contributed by atoms with Crippen LogP contribution in [0.5, 0.6) is 0 Å². The number of rotatable bonds is 2. The van der Waals surface area contributed by atoms with Crippen LogP contribution in [0, 0.1) is 0 Å². The first-order chi connectivity index (χ1) is 7.75. The monoisotopic (exact) mass is 217 g/mol. The molecular formula is C9H7N5O2. The van der Waals surface area contributed by atoms with E-state index in [2.05, 4.69) is 19.9 Å². The molecule has 3 rings (SSSR count). The third-order valence-electron chi connectivity index (χ3n) is 2.32. The van der Waals surface area contributed by atoms with Crippen LogP contribution in [0.3, 0.4) is 0 Å². The summed E-state index contributed by atoms with van der Waals surface area (Å²) in [4.78, 5) is 25.8. The van der Waals surface area contributed by atoms with Gasteiger partial charge in [-0.2, -0.15) is 0 Å². The number of imidazole rings is 2. The van der Waals surface area contributed by atoms with Crippen LogP contribution in [0.25, 0.3) is 17.3 Å². The molecule has 2 N–H and O–H groups in total. The Morgan fingerprint density at radius 1 is 1.44 bits per heavy atom. The zero-order valence-corrected chi connectivity index (χ0v) is 8.08. The van der Waals surface area contributed by atoms with Gasteiger partial charge in [0.25, 0.3) is 0 Å². The molecule has 80 valence electrons. The predicted octanol–water partition coefficient (Wildman–Crippen LogP) is 0.184. The molecule has 0 fully saturated rings. The van der Waals surface area contributed by atoms with Crippen LogP contribution in [0.4, 0.5) is 0 Å². The van der Waals surface area contributed by atoms with Crippen molar-refractivity contribution in [2.24, 2.45) is 0 Å². The minimum absolute atomic E-state index is 0.126. The summed E-state index contributed by atoms with van der Waals surface area (Å²) in [5.74, 6) is 0.253. The van der Waals surface area contributed by atoms with Gasteiger partial charge in [-0.1, -0.05) is 0 Å². The summed E-state index contributed by atoms with van der Waals surface area (Å²) >= 11 is 0. The Balaban J connectivity index is 2.32. The molecule has 0 aromatic carbocycles. The molecule has 16 heavy (non-hydrogen) atoms. The van der Waals surface area contributed by atoms with E-state index >= 15 is 0 Å². The summed E-state index contributed by atoms with van der Waals surface area (Å²) in [5.41, 5.74) is 1.08. The molecule has 0 atom stereocenters. The fourth-order valence-electron chi connectivity index (χ4n) is 1.69. The SMILES string of the molecule is O=C(O)Cc1[nH]c2nccn2c2ncnc1-2. The highest BCUT2D eigenvalue weighted by molar-refractivity contribution is 5.73. The van der Waals surface area contributed by atoms with Crippen molar-refractivity contribution in [3.05, 3.63) is 24.4 Å². The fraction of sp³-hybridized carbons (Fsp3) is 0.111.